The van der Waals surface area contributed by atoms with Crippen LogP contribution in [0.5, 0.6) is 0 Å². The van der Waals surface area contributed by atoms with Crippen molar-refractivity contribution in [2.75, 3.05) is 40.9 Å². The van der Waals surface area contributed by atoms with Gasteiger partial charge in [-0.15, -0.1) is 0 Å². The highest BCUT2D eigenvalue weighted by Gasteiger charge is 2.23. The van der Waals surface area contributed by atoms with Crippen LogP contribution in [-0.4, -0.2) is 68.5 Å². The second-order valence-electron chi connectivity index (χ2n) is 24.9. The number of hydrogen-bond acceptors (Lipinski definition) is 6. The molecular weight excluding hydrogens is 996 g/mol. The Morgan fingerprint density at radius 3 is 1.06 bits per heavy atom. The monoisotopic (exact) mass is 1130 g/mol. The first-order chi connectivity index (χ1) is 38.5. The summed E-state index contributed by atoms with van der Waals surface area (Å²) < 4.78 is 23.5. The van der Waals surface area contributed by atoms with E-state index in [1.165, 1.54) is 270 Å². The fourth-order valence-corrected chi connectivity index (χ4v) is 11.1. The minimum Gasteiger partial charge on any atom is -0.756 e. The second kappa shape index (κ2) is 61.0. The number of carbonyl (C=O) groups is 1. The molecule has 79 heavy (non-hydrogen) atoms. The molecule has 0 aromatic carbocycles. The first-order valence-electron chi connectivity index (χ1n) is 34.5. The Labute approximate surface area is 492 Å². The van der Waals surface area contributed by atoms with Gasteiger partial charge >= 0.3 is 0 Å². The Morgan fingerprint density at radius 1 is 0.443 bits per heavy atom. The molecule has 0 aromatic heterocycles. The number of allylic oxidation sites excluding steroid dienone is 7. The molecule has 3 atom stereocenters. The molecule has 0 aromatic rings. The summed E-state index contributed by atoms with van der Waals surface area (Å²) in [5.41, 5.74) is 0. The number of carbonyl (C=O) groups excluding carboxylic acids is 1. The molecule has 466 valence electrons. The van der Waals surface area contributed by atoms with E-state index in [-0.39, 0.29) is 19.1 Å². The number of phosphoric ester groups is 1. The fraction of sp³-hybridized carbons (Fsp3) is 0.871. The quantitative estimate of drug-likeness (QED) is 0.0272. The molecule has 0 aliphatic rings. The lowest BCUT2D eigenvalue weighted by Crippen LogP contribution is -2.45. The van der Waals surface area contributed by atoms with Crippen LogP contribution in [0.15, 0.2) is 48.6 Å². The summed E-state index contributed by atoms with van der Waals surface area (Å²) in [6.07, 6.45) is 82.3. The van der Waals surface area contributed by atoms with Crippen molar-refractivity contribution in [3.05, 3.63) is 48.6 Å². The van der Waals surface area contributed by atoms with Crippen LogP contribution in [0.2, 0.25) is 0 Å². The van der Waals surface area contributed by atoms with Crippen LogP contribution in [-0.2, 0) is 18.4 Å². The predicted molar refractivity (Wildman–Crippen MR) is 344 cm³/mol. The van der Waals surface area contributed by atoms with E-state index >= 15 is 0 Å². The van der Waals surface area contributed by atoms with Crippen LogP contribution in [0.25, 0.3) is 0 Å². The third-order valence-electron chi connectivity index (χ3n) is 15.8. The van der Waals surface area contributed by atoms with Gasteiger partial charge in [-0.3, -0.25) is 9.36 Å². The minimum absolute atomic E-state index is 0.00213. The number of nitrogens with one attached hydrogen (secondary N) is 1. The number of nitrogens with zero attached hydrogens (tertiary/aromatic N) is 1. The number of quaternary nitrogens is 1. The molecule has 0 fully saturated rings. The van der Waals surface area contributed by atoms with Gasteiger partial charge in [-0.25, -0.2) is 0 Å². The summed E-state index contributed by atoms with van der Waals surface area (Å²) in [5.74, 6) is -0.198. The van der Waals surface area contributed by atoms with Crippen molar-refractivity contribution in [2.45, 2.75) is 353 Å². The third kappa shape index (κ3) is 63.9. The summed E-state index contributed by atoms with van der Waals surface area (Å²) in [7, 11) is 1.27. The van der Waals surface area contributed by atoms with Crippen LogP contribution >= 0.6 is 7.82 Å². The van der Waals surface area contributed by atoms with Crippen molar-refractivity contribution < 1.29 is 32.9 Å². The van der Waals surface area contributed by atoms with Crippen molar-refractivity contribution in [3.63, 3.8) is 0 Å². The summed E-state index contributed by atoms with van der Waals surface area (Å²) in [6, 6.07) is -0.892. The van der Waals surface area contributed by atoms with Gasteiger partial charge in [0.25, 0.3) is 7.82 Å². The maximum atomic E-state index is 13.0. The van der Waals surface area contributed by atoms with Crippen molar-refractivity contribution in [1.29, 1.82) is 0 Å². The average molecular weight is 1130 g/mol. The number of unbranched alkanes of at least 4 members (excludes halogenated alkanes) is 45. The van der Waals surface area contributed by atoms with Gasteiger partial charge in [0.05, 0.1) is 39.9 Å². The van der Waals surface area contributed by atoms with Crippen LogP contribution < -0.4 is 10.2 Å². The van der Waals surface area contributed by atoms with Crippen molar-refractivity contribution in [3.8, 4) is 0 Å². The first kappa shape index (κ1) is 77.5. The SMILES string of the molecule is CCCCCCC/C=C\C/C=C\C/C=C\CCCCCCCCCCCCC(=O)NC(COP(=O)([O-])OCC[N+](C)(C)C)C(O)/C=C/CCCCCCCCCCCCCCCCCCCCCCCCCCCCCCCC. The lowest BCUT2D eigenvalue weighted by molar-refractivity contribution is -0.870. The molecule has 2 N–H and O–H groups in total. The molecule has 0 radical (unpaired) electrons. The highest BCUT2D eigenvalue weighted by Crippen LogP contribution is 2.38. The molecule has 8 nitrogen and oxygen atoms in total. The lowest BCUT2D eigenvalue weighted by atomic mass is 10.0. The molecule has 3 unspecified atom stereocenters. The molecule has 9 heteroatoms. The van der Waals surface area contributed by atoms with E-state index < -0.39 is 20.0 Å². The van der Waals surface area contributed by atoms with Crippen LogP contribution in [0.1, 0.15) is 341 Å². The van der Waals surface area contributed by atoms with Gasteiger partial charge < -0.3 is 28.8 Å². The van der Waals surface area contributed by atoms with Gasteiger partial charge in [-0.05, 0) is 57.8 Å². The zero-order valence-electron chi connectivity index (χ0n) is 53.3. The van der Waals surface area contributed by atoms with E-state index in [2.05, 4.69) is 55.6 Å². The van der Waals surface area contributed by atoms with Crippen molar-refractivity contribution in [1.82, 2.24) is 5.32 Å². The molecule has 0 rings (SSSR count). The number of amides is 1. The number of aliphatic hydroxyl groups is 1. The zero-order valence-corrected chi connectivity index (χ0v) is 54.2. The van der Waals surface area contributed by atoms with E-state index in [0.717, 1.165) is 51.4 Å². The standard InChI is InChI=1S/C70H135N2O6P/c1-6-8-10-12-14-16-18-20-22-24-26-28-30-32-33-34-35-36-37-38-40-41-43-45-47-49-51-53-55-57-59-61-63-69(73)68(67-78-79(75,76)77-66-65-72(3,4)5)71-70(74)64-62-60-58-56-54-52-50-48-46-44-42-39-31-29-27-25-23-21-19-17-15-13-11-9-7-2/h19,21,25,27,31,39,61,63,68-69,73H,6-18,20,22-24,26,28-30,32-38,40-60,62,64-67H2,1-5H3,(H-,71,74,75,76)/b21-19-,27-25-,39-31-,63-61+. The summed E-state index contributed by atoms with van der Waals surface area (Å²) in [6.45, 7) is 4.68. The Morgan fingerprint density at radius 2 is 0.734 bits per heavy atom. The van der Waals surface area contributed by atoms with E-state index in [1.807, 2.05) is 27.2 Å². The lowest BCUT2D eigenvalue weighted by Gasteiger charge is -2.29. The molecule has 0 spiro atoms. The predicted octanol–water partition coefficient (Wildman–Crippen LogP) is 21.2. The van der Waals surface area contributed by atoms with E-state index in [1.54, 1.807) is 6.08 Å². The molecule has 0 saturated heterocycles. The Balaban J connectivity index is 4.08. The van der Waals surface area contributed by atoms with Crippen molar-refractivity contribution in [2.24, 2.45) is 0 Å². The van der Waals surface area contributed by atoms with Gasteiger partial charge in [0.2, 0.25) is 5.91 Å². The number of rotatable bonds is 64. The topological polar surface area (TPSA) is 108 Å². The molecule has 0 saturated carbocycles. The maximum absolute atomic E-state index is 13.0. The van der Waals surface area contributed by atoms with Crippen molar-refractivity contribution >= 4 is 13.7 Å². The molecule has 1 amide bonds. The van der Waals surface area contributed by atoms with Crippen LogP contribution in [0, 0.1) is 0 Å². The fourth-order valence-electron chi connectivity index (χ4n) is 10.4. The highest BCUT2D eigenvalue weighted by atomic mass is 31.2. The minimum atomic E-state index is -4.61. The maximum Gasteiger partial charge on any atom is 0.268 e. The van der Waals surface area contributed by atoms with Gasteiger partial charge in [0.15, 0.2) is 0 Å². The average Bonchev–Trinajstić information content (AvgIpc) is 3.42. The Bertz CT molecular complexity index is 1430. The third-order valence-corrected chi connectivity index (χ3v) is 16.7. The molecular formula is C70H135N2O6P. The summed E-state index contributed by atoms with van der Waals surface area (Å²) in [5, 5.41) is 14.0. The summed E-state index contributed by atoms with van der Waals surface area (Å²) in [4.78, 5) is 25.6. The largest absolute Gasteiger partial charge is 0.756 e. The number of likely N-dealkylation sites (N-methyl/N-ethyl adjacent to an activating group) is 1. The summed E-state index contributed by atoms with van der Waals surface area (Å²) >= 11 is 0. The van der Waals surface area contributed by atoms with Gasteiger partial charge in [-0.2, -0.15) is 0 Å². The molecule has 0 aliphatic heterocycles. The van der Waals surface area contributed by atoms with E-state index in [9.17, 15) is 19.4 Å². The molecule has 0 heterocycles. The Hall–Kier alpha value is -1.54. The first-order valence-corrected chi connectivity index (χ1v) is 36.0. The Kier molecular flexibility index (Phi) is 59.8. The van der Waals surface area contributed by atoms with Crippen LogP contribution in [0.3, 0.4) is 0 Å². The number of hydrogen-bond donors (Lipinski definition) is 2. The van der Waals surface area contributed by atoms with E-state index in [0.29, 0.717) is 17.4 Å². The van der Waals surface area contributed by atoms with Crippen LogP contribution in [0.4, 0.5) is 0 Å². The van der Waals surface area contributed by atoms with Gasteiger partial charge in [0, 0.05) is 6.42 Å². The van der Waals surface area contributed by atoms with Gasteiger partial charge in [-0.1, -0.05) is 326 Å². The molecule has 0 bridgehead atoms. The number of phosphoric acid groups is 1. The normalized spacial score (nSPS) is 14.0. The zero-order chi connectivity index (χ0) is 57.7. The number of aliphatic hydroxyl groups excluding tert-OH is 1. The second-order valence-corrected chi connectivity index (χ2v) is 26.3. The molecule has 0 aliphatic carbocycles. The van der Waals surface area contributed by atoms with E-state index in [4.69, 9.17) is 9.05 Å². The van der Waals surface area contributed by atoms with Gasteiger partial charge in [0.1, 0.15) is 13.2 Å². The highest BCUT2D eigenvalue weighted by molar-refractivity contribution is 7.45. The smallest absolute Gasteiger partial charge is 0.268 e.